The fourth-order valence-corrected chi connectivity index (χ4v) is 9.07. The molecule has 0 saturated heterocycles. The molecule has 0 spiro atoms. The van der Waals surface area contributed by atoms with Crippen molar-refractivity contribution in [1.82, 2.24) is 24.1 Å². The molecule has 0 saturated carbocycles. The van der Waals surface area contributed by atoms with E-state index >= 15 is 0 Å². The minimum Gasteiger partial charge on any atom is -0.309 e. The van der Waals surface area contributed by atoms with Crippen LogP contribution in [0, 0.1) is 0 Å². The van der Waals surface area contributed by atoms with Crippen molar-refractivity contribution in [3.8, 4) is 45.5 Å². The van der Waals surface area contributed by atoms with Gasteiger partial charge in [-0.3, -0.25) is 0 Å². The van der Waals surface area contributed by atoms with Crippen LogP contribution in [0.15, 0.2) is 200 Å². The fourth-order valence-electron chi connectivity index (χ4n) is 9.07. The lowest BCUT2D eigenvalue weighted by molar-refractivity contribution is 1.08. The lowest BCUT2D eigenvalue weighted by Gasteiger charge is -2.15. The number of fused-ring (bicyclic) bond motifs is 9. The van der Waals surface area contributed by atoms with Crippen molar-refractivity contribution in [2.24, 2.45) is 0 Å². The molecule has 12 aromatic rings. The van der Waals surface area contributed by atoms with Crippen molar-refractivity contribution < 1.29 is 0 Å². The Balaban J connectivity index is 1.12. The van der Waals surface area contributed by atoms with Crippen LogP contribution in [0.5, 0.6) is 0 Å². The Labute approximate surface area is 333 Å². The molecule has 0 unspecified atom stereocenters. The number of benzene rings is 9. The predicted octanol–water partition coefficient (Wildman–Crippen LogP) is 13.4. The van der Waals surface area contributed by atoms with Gasteiger partial charge in [-0.25, -0.2) is 15.0 Å². The third-order valence-corrected chi connectivity index (χ3v) is 11.6. The molecule has 0 bridgehead atoms. The van der Waals surface area contributed by atoms with Crippen LogP contribution in [0.1, 0.15) is 0 Å². The van der Waals surface area contributed by atoms with Gasteiger partial charge >= 0.3 is 0 Å². The third-order valence-electron chi connectivity index (χ3n) is 11.6. The quantitative estimate of drug-likeness (QED) is 0.177. The van der Waals surface area contributed by atoms with Crippen LogP contribution in [0.2, 0.25) is 0 Å². The first-order valence-electron chi connectivity index (χ1n) is 19.6. The number of hydrogen-bond donors (Lipinski definition) is 0. The van der Waals surface area contributed by atoms with Gasteiger partial charge in [-0.15, -0.1) is 0 Å². The van der Waals surface area contributed by atoms with Gasteiger partial charge in [0, 0.05) is 49.3 Å². The molecule has 9 aromatic carbocycles. The minimum absolute atomic E-state index is 0.636. The number of aromatic nitrogens is 5. The summed E-state index contributed by atoms with van der Waals surface area (Å²) in [7, 11) is 0. The maximum atomic E-state index is 5.25. The van der Waals surface area contributed by atoms with Crippen LogP contribution >= 0.6 is 0 Å². The molecule has 0 amide bonds. The van der Waals surface area contributed by atoms with Crippen molar-refractivity contribution in [1.29, 1.82) is 0 Å². The van der Waals surface area contributed by atoms with Crippen molar-refractivity contribution in [3.63, 3.8) is 0 Å². The van der Waals surface area contributed by atoms with E-state index in [4.69, 9.17) is 15.0 Å². The molecule has 0 aliphatic carbocycles. The van der Waals surface area contributed by atoms with E-state index in [1.165, 1.54) is 32.6 Å². The second-order valence-electron chi connectivity index (χ2n) is 14.8. The molecule has 0 radical (unpaired) electrons. The summed E-state index contributed by atoms with van der Waals surface area (Å²) in [5, 5.41) is 9.40. The smallest absolute Gasteiger partial charge is 0.164 e. The van der Waals surface area contributed by atoms with Gasteiger partial charge < -0.3 is 9.13 Å². The number of rotatable bonds is 5. The van der Waals surface area contributed by atoms with E-state index < -0.39 is 0 Å². The second kappa shape index (κ2) is 12.8. The first-order chi connectivity index (χ1) is 28.8. The van der Waals surface area contributed by atoms with Gasteiger partial charge in [-0.2, -0.15) is 0 Å². The summed E-state index contributed by atoms with van der Waals surface area (Å²) >= 11 is 0. The van der Waals surface area contributed by atoms with Crippen LogP contribution < -0.4 is 0 Å². The van der Waals surface area contributed by atoms with Crippen molar-refractivity contribution in [2.75, 3.05) is 0 Å². The molecule has 270 valence electrons. The summed E-state index contributed by atoms with van der Waals surface area (Å²) in [5.41, 5.74) is 9.82. The molecule has 0 N–H and O–H groups in total. The zero-order valence-corrected chi connectivity index (χ0v) is 31.3. The summed E-state index contributed by atoms with van der Waals surface area (Å²) < 4.78 is 4.83. The zero-order valence-electron chi connectivity index (χ0n) is 31.3. The van der Waals surface area contributed by atoms with Crippen molar-refractivity contribution in [2.45, 2.75) is 0 Å². The maximum absolute atomic E-state index is 5.25. The highest BCUT2D eigenvalue weighted by Crippen LogP contribution is 2.43. The molecule has 12 rings (SSSR count). The van der Waals surface area contributed by atoms with E-state index in [1.807, 2.05) is 18.2 Å². The van der Waals surface area contributed by atoms with E-state index in [9.17, 15) is 0 Å². The molecule has 0 fully saturated rings. The molecular weight excluding hydrogens is 707 g/mol. The van der Waals surface area contributed by atoms with Crippen LogP contribution in [-0.2, 0) is 0 Å². The molecule has 3 heterocycles. The van der Waals surface area contributed by atoms with Crippen molar-refractivity contribution >= 4 is 65.2 Å². The molecule has 0 aliphatic rings. The van der Waals surface area contributed by atoms with Gasteiger partial charge in [0.05, 0.1) is 27.8 Å². The van der Waals surface area contributed by atoms with Gasteiger partial charge in [0.25, 0.3) is 0 Å². The first kappa shape index (κ1) is 32.4. The van der Waals surface area contributed by atoms with Gasteiger partial charge in [-0.1, -0.05) is 158 Å². The Morgan fingerprint density at radius 1 is 0.293 bits per heavy atom. The molecule has 58 heavy (non-hydrogen) atoms. The highest BCUT2D eigenvalue weighted by Gasteiger charge is 2.22. The second-order valence-corrected chi connectivity index (χ2v) is 14.8. The van der Waals surface area contributed by atoms with Gasteiger partial charge in [0.2, 0.25) is 0 Å². The lowest BCUT2D eigenvalue weighted by atomic mass is 10.0. The van der Waals surface area contributed by atoms with E-state index in [0.29, 0.717) is 17.5 Å². The zero-order chi connectivity index (χ0) is 38.2. The Bertz CT molecular complexity index is 3560. The maximum Gasteiger partial charge on any atom is 0.164 e. The Hall–Kier alpha value is -7.89. The first-order valence-corrected chi connectivity index (χ1v) is 19.6. The number of nitrogens with zero attached hydrogens (tertiary/aromatic N) is 5. The summed E-state index contributed by atoms with van der Waals surface area (Å²) in [6, 6.07) is 70.8. The Morgan fingerprint density at radius 3 is 1.50 bits per heavy atom. The van der Waals surface area contributed by atoms with Gasteiger partial charge in [0.1, 0.15) is 0 Å². The highest BCUT2D eigenvalue weighted by molar-refractivity contribution is 6.29. The Morgan fingerprint density at radius 2 is 0.776 bits per heavy atom. The predicted molar refractivity (Wildman–Crippen MR) is 240 cm³/mol. The molecule has 5 heteroatoms. The van der Waals surface area contributed by atoms with Crippen LogP contribution in [0.3, 0.4) is 0 Å². The van der Waals surface area contributed by atoms with Crippen molar-refractivity contribution in [3.05, 3.63) is 200 Å². The molecule has 3 aromatic heterocycles. The Kier molecular flexibility index (Phi) is 7.16. The topological polar surface area (TPSA) is 48.5 Å². The molecular formula is C53H33N5. The molecule has 5 nitrogen and oxygen atoms in total. The summed E-state index contributed by atoms with van der Waals surface area (Å²) in [6.07, 6.45) is 0. The largest absolute Gasteiger partial charge is 0.309 e. The van der Waals surface area contributed by atoms with Gasteiger partial charge in [0.15, 0.2) is 17.5 Å². The SMILES string of the molecule is c1ccc(-c2nc(-c3cccc4ccccc34)nc(-c3cccc4c(-n5c6ccccc6c6c7c8ccccc8n(-c8ccccc8)c7ccc65)cccc34)n2)cc1. The van der Waals surface area contributed by atoms with Crippen LogP contribution in [-0.4, -0.2) is 24.1 Å². The van der Waals surface area contributed by atoms with Gasteiger partial charge in [-0.05, 0) is 58.6 Å². The minimum atomic E-state index is 0.636. The highest BCUT2D eigenvalue weighted by atomic mass is 15.0. The summed E-state index contributed by atoms with van der Waals surface area (Å²) in [6.45, 7) is 0. The normalized spacial score (nSPS) is 11.8. The lowest BCUT2D eigenvalue weighted by Crippen LogP contribution is -2.01. The van der Waals surface area contributed by atoms with Crippen LogP contribution in [0.25, 0.3) is 111 Å². The number of hydrogen-bond acceptors (Lipinski definition) is 3. The molecule has 0 aliphatic heterocycles. The van der Waals surface area contributed by atoms with E-state index in [2.05, 4.69) is 191 Å². The molecule has 0 atom stereocenters. The van der Waals surface area contributed by atoms with E-state index in [-0.39, 0.29) is 0 Å². The monoisotopic (exact) mass is 739 g/mol. The fraction of sp³-hybridized carbons (Fsp3) is 0. The summed E-state index contributed by atoms with van der Waals surface area (Å²) in [5.74, 6) is 1.93. The average molecular weight is 740 g/mol. The van der Waals surface area contributed by atoms with Crippen LogP contribution in [0.4, 0.5) is 0 Å². The average Bonchev–Trinajstić information content (AvgIpc) is 3.81. The third kappa shape index (κ3) is 4.87. The van der Waals surface area contributed by atoms with E-state index in [0.717, 1.165) is 60.6 Å². The number of para-hydroxylation sites is 3. The standard InChI is InChI=1S/C53H33N5/c1-3-17-35(18-4-1)51-54-52(40-27-13-19-34-16-7-8-22-37(34)40)56-53(55-51)41-28-14-26-39-38(41)25-15-31-44(39)58-46-30-12-10-24-43(46)50-48(58)33-32-47-49(50)42-23-9-11-29-45(42)57(47)36-20-5-2-6-21-36/h1-33H. The van der Waals surface area contributed by atoms with E-state index in [1.54, 1.807) is 0 Å². The summed E-state index contributed by atoms with van der Waals surface area (Å²) in [4.78, 5) is 15.5.